The van der Waals surface area contributed by atoms with Crippen LogP contribution in [0, 0.1) is 0 Å². The van der Waals surface area contributed by atoms with Crippen LogP contribution >= 0.6 is 15.9 Å². The van der Waals surface area contributed by atoms with E-state index in [4.69, 9.17) is 5.73 Å². The number of anilines is 2. The van der Waals surface area contributed by atoms with Crippen molar-refractivity contribution in [1.82, 2.24) is 0 Å². The van der Waals surface area contributed by atoms with Crippen LogP contribution in [0.5, 0.6) is 0 Å². The second-order valence-corrected chi connectivity index (χ2v) is 6.26. The largest absolute Gasteiger partial charge is 0.399 e. The molecule has 2 N–H and O–H groups in total. The zero-order valence-electron chi connectivity index (χ0n) is 11.7. The summed E-state index contributed by atoms with van der Waals surface area (Å²) in [6.45, 7) is 0.782. The van der Waals surface area contributed by atoms with Gasteiger partial charge in [0.05, 0.1) is 6.42 Å². The first-order valence-electron chi connectivity index (χ1n) is 7.07. The van der Waals surface area contributed by atoms with Crippen molar-refractivity contribution in [1.29, 1.82) is 0 Å². The van der Waals surface area contributed by atoms with Gasteiger partial charge in [0.15, 0.2) is 0 Å². The maximum atomic E-state index is 12.6. The summed E-state index contributed by atoms with van der Waals surface area (Å²) in [5.41, 5.74) is 9.80. The molecule has 108 valence electrons. The molecule has 2 aromatic carbocycles. The monoisotopic (exact) mass is 344 g/mol. The van der Waals surface area contributed by atoms with Gasteiger partial charge in [0.1, 0.15) is 0 Å². The van der Waals surface area contributed by atoms with Gasteiger partial charge in [-0.2, -0.15) is 0 Å². The first kappa shape index (κ1) is 14.1. The summed E-state index contributed by atoms with van der Waals surface area (Å²) < 4.78 is 1.000. The van der Waals surface area contributed by atoms with Crippen LogP contribution in [0.3, 0.4) is 0 Å². The van der Waals surface area contributed by atoms with E-state index in [1.807, 2.05) is 47.4 Å². The van der Waals surface area contributed by atoms with E-state index >= 15 is 0 Å². The van der Waals surface area contributed by atoms with Gasteiger partial charge in [0, 0.05) is 22.4 Å². The number of rotatable bonds is 2. The molecule has 1 aliphatic rings. The molecule has 0 saturated carbocycles. The van der Waals surface area contributed by atoms with Crippen molar-refractivity contribution in [2.24, 2.45) is 0 Å². The Hall–Kier alpha value is -1.81. The number of benzene rings is 2. The van der Waals surface area contributed by atoms with E-state index in [1.54, 1.807) is 0 Å². The van der Waals surface area contributed by atoms with Crippen molar-refractivity contribution in [2.75, 3.05) is 17.2 Å². The molecule has 21 heavy (non-hydrogen) atoms. The molecule has 0 atom stereocenters. The van der Waals surface area contributed by atoms with E-state index in [9.17, 15) is 4.79 Å². The number of nitrogens with two attached hydrogens (primary N) is 1. The second kappa shape index (κ2) is 5.90. The Balaban J connectivity index is 1.83. The highest BCUT2D eigenvalue weighted by Gasteiger charge is 2.22. The third kappa shape index (κ3) is 3.10. The molecule has 0 aromatic heterocycles. The Labute approximate surface area is 132 Å². The van der Waals surface area contributed by atoms with Crippen LogP contribution < -0.4 is 10.6 Å². The molecule has 0 radical (unpaired) electrons. The molecule has 0 bridgehead atoms. The van der Waals surface area contributed by atoms with Crippen molar-refractivity contribution in [3.05, 3.63) is 58.1 Å². The summed E-state index contributed by atoms with van der Waals surface area (Å²) in [5.74, 6) is 0.138. The predicted octanol–water partition coefficient (Wildman–Crippen LogP) is 3.55. The zero-order chi connectivity index (χ0) is 14.8. The first-order chi connectivity index (χ1) is 10.1. The molecule has 1 heterocycles. The van der Waals surface area contributed by atoms with Crippen LogP contribution in [0.1, 0.15) is 17.5 Å². The second-order valence-electron chi connectivity index (χ2n) is 5.34. The zero-order valence-corrected chi connectivity index (χ0v) is 13.3. The quantitative estimate of drug-likeness (QED) is 0.846. The molecule has 0 saturated heterocycles. The maximum Gasteiger partial charge on any atom is 0.231 e. The fourth-order valence-corrected chi connectivity index (χ4v) is 3.24. The molecule has 4 heteroatoms. The van der Waals surface area contributed by atoms with Gasteiger partial charge >= 0.3 is 0 Å². The molecule has 1 aliphatic heterocycles. The summed E-state index contributed by atoms with van der Waals surface area (Å²) in [6.07, 6.45) is 2.39. The van der Waals surface area contributed by atoms with E-state index < -0.39 is 0 Å². The summed E-state index contributed by atoms with van der Waals surface area (Å²) >= 11 is 3.44. The van der Waals surface area contributed by atoms with E-state index in [2.05, 4.69) is 15.9 Å². The first-order valence-corrected chi connectivity index (χ1v) is 7.86. The predicted molar refractivity (Wildman–Crippen MR) is 89.4 cm³/mol. The number of carbonyl (C=O) groups is 1. The number of hydrogen-bond acceptors (Lipinski definition) is 2. The number of aryl methyl sites for hydroxylation is 1. The lowest BCUT2D eigenvalue weighted by molar-refractivity contribution is -0.118. The molecule has 0 aliphatic carbocycles. The summed E-state index contributed by atoms with van der Waals surface area (Å²) in [4.78, 5) is 14.5. The summed E-state index contributed by atoms with van der Waals surface area (Å²) in [6, 6.07) is 13.7. The average molecular weight is 345 g/mol. The Morgan fingerprint density at radius 2 is 2.10 bits per heavy atom. The minimum atomic E-state index is 0.138. The molecular formula is C17H17BrN2O. The van der Waals surface area contributed by atoms with Gasteiger partial charge in [-0.15, -0.1) is 0 Å². The van der Waals surface area contributed by atoms with Crippen molar-refractivity contribution in [3.8, 4) is 0 Å². The Morgan fingerprint density at radius 3 is 2.90 bits per heavy atom. The number of carbonyl (C=O) groups excluding carboxylic acids is 1. The number of nitrogens with zero attached hydrogens (tertiary/aromatic N) is 1. The van der Waals surface area contributed by atoms with Gasteiger partial charge < -0.3 is 10.6 Å². The lowest BCUT2D eigenvalue weighted by Gasteiger charge is -2.30. The van der Waals surface area contributed by atoms with Crippen LogP contribution in [0.15, 0.2) is 46.9 Å². The maximum absolute atomic E-state index is 12.6. The molecule has 0 unspecified atom stereocenters. The van der Waals surface area contributed by atoms with Crippen molar-refractivity contribution >= 4 is 33.2 Å². The number of halogens is 1. The van der Waals surface area contributed by atoms with Crippen LogP contribution in [-0.4, -0.2) is 12.5 Å². The molecule has 2 aromatic rings. The number of amides is 1. The van der Waals surface area contributed by atoms with Crippen molar-refractivity contribution in [2.45, 2.75) is 19.3 Å². The van der Waals surface area contributed by atoms with Gasteiger partial charge in [0.2, 0.25) is 5.91 Å². The van der Waals surface area contributed by atoms with E-state index in [0.717, 1.165) is 40.8 Å². The highest BCUT2D eigenvalue weighted by atomic mass is 79.9. The SMILES string of the molecule is Nc1ccc2c(c1)CCCN2C(=O)Cc1cccc(Br)c1. The van der Waals surface area contributed by atoms with Gasteiger partial charge in [-0.3, -0.25) is 4.79 Å². The van der Waals surface area contributed by atoms with Crippen LogP contribution in [0.2, 0.25) is 0 Å². The van der Waals surface area contributed by atoms with Crippen LogP contribution in [-0.2, 0) is 17.6 Å². The van der Waals surface area contributed by atoms with Gasteiger partial charge in [-0.1, -0.05) is 28.1 Å². The van der Waals surface area contributed by atoms with Crippen LogP contribution in [0.25, 0.3) is 0 Å². The Kier molecular flexibility index (Phi) is 3.97. The summed E-state index contributed by atoms with van der Waals surface area (Å²) in [7, 11) is 0. The van der Waals surface area contributed by atoms with Crippen molar-refractivity contribution in [3.63, 3.8) is 0 Å². The highest BCUT2D eigenvalue weighted by molar-refractivity contribution is 9.10. The van der Waals surface area contributed by atoms with Gasteiger partial charge in [0.25, 0.3) is 0 Å². The lowest BCUT2D eigenvalue weighted by Crippen LogP contribution is -2.36. The molecule has 3 nitrogen and oxygen atoms in total. The van der Waals surface area contributed by atoms with Gasteiger partial charge in [-0.05, 0) is 54.3 Å². The van der Waals surface area contributed by atoms with Crippen LogP contribution in [0.4, 0.5) is 11.4 Å². The molecular weight excluding hydrogens is 328 g/mol. The fraction of sp³-hybridized carbons (Fsp3) is 0.235. The lowest BCUT2D eigenvalue weighted by atomic mass is 10.00. The standard InChI is InChI=1S/C17H17BrN2O/c18-14-5-1-3-12(9-14)10-17(21)20-8-2-4-13-11-15(19)6-7-16(13)20/h1,3,5-7,9,11H,2,4,8,10,19H2. The average Bonchev–Trinajstić information content (AvgIpc) is 2.46. The van der Waals surface area contributed by atoms with Crippen molar-refractivity contribution < 1.29 is 4.79 Å². The highest BCUT2D eigenvalue weighted by Crippen LogP contribution is 2.29. The van der Waals surface area contributed by atoms with E-state index in [1.165, 1.54) is 5.56 Å². The third-order valence-corrected chi connectivity index (χ3v) is 4.26. The Morgan fingerprint density at radius 1 is 1.24 bits per heavy atom. The fourth-order valence-electron chi connectivity index (χ4n) is 2.79. The minimum absolute atomic E-state index is 0.138. The molecule has 1 amide bonds. The normalized spacial score (nSPS) is 13.9. The number of hydrogen-bond donors (Lipinski definition) is 1. The van der Waals surface area contributed by atoms with E-state index in [0.29, 0.717) is 6.42 Å². The Bertz CT molecular complexity index is 684. The molecule has 0 spiro atoms. The van der Waals surface area contributed by atoms with Gasteiger partial charge in [-0.25, -0.2) is 0 Å². The number of nitrogen functional groups attached to an aromatic ring is 1. The number of fused-ring (bicyclic) bond motifs is 1. The topological polar surface area (TPSA) is 46.3 Å². The summed E-state index contributed by atoms with van der Waals surface area (Å²) in [5, 5.41) is 0. The smallest absolute Gasteiger partial charge is 0.231 e. The molecule has 0 fully saturated rings. The molecule has 3 rings (SSSR count). The third-order valence-electron chi connectivity index (χ3n) is 3.77. The minimum Gasteiger partial charge on any atom is -0.399 e. The van der Waals surface area contributed by atoms with E-state index in [-0.39, 0.29) is 5.91 Å².